The summed E-state index contributed by atoms with van der Waals surface area (Å²) in [5.74, 6) is 0.402. The second-order valence-electron chi connectivity index (χ2n) is 3.25. The molecule has 0 bridgehead atoms. The Morgan fingerprint density at radius 1 is 1.12 bits per heavy atom. The number of imidazole rings is 1. The van der Waals surface area contributed by atoms with E-state index < -0.39 is 0 Å². The van der Waals surface area contributed by atoms with E-state index in [2.05, 4.69) is 20.3 Å². The van der Waals surface area contributed by atoms with Crippen LogP contribution in [-0.4, -0.2) is 24.8 Å². The molecule has 3 aromatic heterocycles. The molecule has 16 heavy (non-hydrogen) atoms. The van der Waals surface area contributed by atoms with Crippen molar-refractivity contribution in [1.82, 2.24) is 24.8 Å². The number of anilines is 1. The number of fused-ring (bicyclic) bond motifs is 1. The Morgan fingerprint density at radius 2 is 2.00 bits per heavy atom. The average Bonchev–Trinajstić information content (AvgIpc) is 2.66. The number of aromatic nitrogens is 5. The molecule has 78 valence electrons. The maximum absolute atomic E-state index is 5.85. The van der Waals surface area contributed by atoms with E-state index in [0.717, 1.165) is 0 Å². The molecule has 0 saturated carbocycles. The lowest BCUT2D eigenvalue weighted by Crippen LogP contribution is -1.97. The van der Waals surface area contributed by atoms with Crippen molar-refractivity contribution >= 4 is 11.5 Å². The fraction of sp³-hybridized carbons (Fsp3) is 0. The van der Waals surface area contributed by atoms with Gasteiger partial charge in [0.2, 0.25) is 0 Å². The van der Waals surface area contributed by atoms with Crippen LogP contribution in [0.4, 0.5) is 5.82 Å². The molecule has 0 amide bonds. The molecule has 6 heteroatoms. The highest BCUT2D eigenvalue weighted by molar-refractivity contribution is 5.71. The highest BCUT2D eigenvalue weighted by Crippen LogP contribution is 2.23. The Hall–Kier alpha value is -2.50. The largest absolute Gasteiger partial charge is 0.382 e. The number of hydrogen-bond acceptors (Lipinski definition) is 5. The second-order valence-corrected chi connectivity index (χ2v) is 3.25. The predicted molar refractivity (Wildman–Crippen MR) is 58.4 cm³/mol. The third-order valence-corrected chi connectivity index (χ3v) is 2.23. The fourth-order valence-electron chi connectivity index (χ4n) is 1.57. The zero-order valence-electron chi connectivity index (χ0n) is 8.28. The molecule has 3 rings (SSSR count). The maximum atomic E-state index is 5.85. The zero-order valence-corrected chi connectivity index (χ0v) is 8.28. The van der Waals surface area contributed by atoms with E-state index in [4.69, 9.17) is 5.73 Å². The van der Waals surface area contributed by atoms with Crippen molar-refractivity contribution in [1.29, 1.82) is 0 Å². The molecule has 0 atom stereocenters. The lowest BCUT2D eigenvalue weighted by atomic mass is 10.3. The SMILES string of the molecule is Nc1nc2cccnn2c1-c1cccnn1. The molecule has 3 heterocycles. The Bertz CT molecular complexity index is 630. The van der Waals surface area contributed by atoms with Crippen LogP contribution in [0.2, 0.25) is 0 Å². The summed E-state index contributed by atoms with van der Waals surface area (Å²) in [5.41, 5.74) is 7.87. The van der Waals surface area contributed by atoms with Crippen molar-refractivity contribution in [3.05, 3.63) is 36.7 Å². The molecule has 2 N–H and O–H groups in total. The minimum Gasteiger partial charge on any atom is -0.382 e. The summed E-state index contributed by atoms with van der Waals surface area (Å²) in [4.78, 5) is 4.20. The lowest BCUT2D eigenvalue weighted by Gasteiger charge is -1.98. The Kier molecular flexibility index (Phi) is 1.79. The molecule has 3 aromatic rings. The van der Waals surface area contributed by atoms with Crippen LogP contribution < -0.4 is 5.73 Å². The van der Waals surface area contributed by atoms with E-state index in [0.29, 0.717) is 22.9 Å². The minimum absolute atomic E-state index is 0.402. The van der Waals surface area contributed by atoms with Crippen molar-refractivity contribution in [3.8, 4) is 11.4 Å². The van der Waals surface area contributed by atoms with Gasteiger partial charge in [-0.1, -0.05) is 0 Å². The van der Waals surface area contributed by atoms with Gasteiger partial charge < -0.3 is 5.73 Å². The predicted octanol–water partition coefficient (Wildman–Crippen LogP) is 0.768. The van der Waals surface area contributed by atoms with Gasteiger partial charge >= 0.3 is 0 Å². The summed E-state index contributed by atoms with van der Waals surface area (Å²) in [7, 11) is 0. The third kappa shape index (κ3) is 1.20. The zero-order chi connectivity index (χ0) is 11.0. The van der Waals surface area contributed by atoms with Gasteiger partial charge in [-0.15, -0.1) is 5.10 Å². The van der Waals surface area contributed by atoms with Gasteiger partial charge in [0.05, 0.1) is 0 Å². The third-order valence-electron chi connectivity index (χ3n) is 2.23. The molecule has 0 aromatic carbocycles. The van der Waals surface area contributed by atoms with Gasteiger partial charge in [-0.2, -0.15) is 10.2 Å². The van der Waals surface area contributed by atoms with Crippen LogP contribution in [0.5, 0.6) is 0 Å². The van der Waals surface area contributed by atoms with E-state index in [1.807, 2.05) is 18.2 Å². The van der Waals surface area contributed by atoms with Crippen molar-refractivity contribution in [3.63, 3.8) is 0 Å². The normalized spacial score (nSPS) is 10.8. The molecule has 0 aliphatic carbocycles. The number of nitrogens with two attached hydrogens (primary N) is 1. The van der Waals surface area contributed by atoms with Crippen LogP contribution in [0.15, 0.2) is 36.7 Å². The Labute approximate surface area is 90.8 Å². The molecule has 0 unspecified atom stereocenters. The Morgan fingerprint density at radius 3 is 2.81 bits per heavy atom. The summed E-state index contributed by atoms with van der Waals surface area (Å²) in [6, 6.07) is 7.26. The smallest absolute Gasteiger partial charge is 0.156 e. The topological polar surface area (TPSA) is 82.0 Å². The van der Waals surface area contributed by atoms with Crippen LogP contribution >= 0.6 is 0 Å². The molecule has 0 spiro atoms. The van der Waals surface area contributed by atoms with Crippen molar-refractivity contribution in [2.24, 2.45) is 0 Å². The molecule has 0 fully saturated rings. The van der Waals surface area contributed by atoms with Gasteiger partial charge in [0.1, 0.15) is 11.4 Å². The first kappa shape index (κ1) is 8.78. The number of rotatable bonds is 1. The van der Waals surface area contributed by atoms with Gasteiger partial charge in [-0.25, -0.2) is 9.50 Å². The van der Waals surface area contributed by atoms with Crippen LogP contribution in [0, 0.1) is 0 Å². The first-order chi connectivity index (χ1) is 7.86. The quantitative estimate of drug-likeness (QED) is 0.644. The van der Waals surface area contributed by atoms with Gasteiger partial charge in [0.25, 0.3) is 0 Å². The van der Waals surface area contributed by atoms with E-state index >= 15 is 0 Å². The first-order valence-corrected chi connectivity index (χ1v) is 4.73. The molecule has 6 nitrogen and oxygen atoms in total. The first-order valence-electron chi connectivity index (χ1n) is 4.73. The van der Waals surface area contributed by atoms with E-state index in [1.54, 1.807) is 23.0 Å². The van der Waals surface area contributed by atoms with Gasteiger partial charge in [-0.05, 0) is 24.3 Å². The molecule has 0 saturated heterocycles. The average molecular weight is 212 g/mol. The molecule has 0 aliphatic heterocycles. The van der Waals surface area contributed by atoms with Crippen molar-refractivity contribution in [2.75, 3.05) is 5.73 Å². The van der Waals surface area contributed by atoms with Crippen LogP contribution in [-0.2, 0) is 0 Å². The fourth-order valence-corrected chi connectivity index (χ4v) is 1.57. The summed E-state index contributed by atoms with van der Waals surface area (Å²) < 4.78 is 1.65. The van der Waals surface area contributed by atoms with E-state index in [9.17, 15) is 0 Å². The minimum atomic E-state index is 0.402. The molecular formula is C10H8N6. The molecular weight excluding hydrogens is 204 g/mol. The Balaban J connectivity index is 2.35. The van der Waals surface area contributed by atoms with Crippen LogP contribution in [0.1, 0.15) is 0 Å². The lowest BCUT2D eigenvalue weighted by molar-refractivity contribution is 0.927. The molecule has 0 aliphatic rings. The van der Waals surface area contributed by atoms with E-state index in [-0.39, 0.29) is 0 Å². The highest BCUT2D eigenvalue weighted by atomic mass is 15.3. The number of nitrogens with zero attached hydrogens (tertiary/aromatic N) is 5. The standard InChI is InChI=1S/C10H8N6/c11-10-9(7-3-1-5-12-15-7)16-8(14-10)4-2-6-13-16/h1-6H,11H2. The van der Waals surface area contributed by atoms with Gasteiger partial charge in [-0.3, -0.25) is 0 Å². The summed E-state index contributed by atoms with van der Waals surface area (Å²) in [5, 5.41) is 12.0. The second kappa shape index (κ2) is 3.27. The van der Waals surface area contributed by atoms with Crippen molar-refractivity contribution in [2.45, 2.75) is 0 Å². The van der Waals surface area contributed by atoms with E-state index in [1.165, 1.54) is 0 Å². The summed E-state index contributed by atoms with van der Waals surface area (Å²) in [6.45, 7) is 0. The summed E-state index contributed by atoms with van der Waals surface area (Å²) >= 11 is 0. The van der Waals surface area contributed by atoms with Crippen molar-refractivity contribution < 1.29 is 0 Å². The number of hydrogen-bond donors (Lipinski definition) is 1. The highest BCUT2D eigenvalue weighted by Gasteiger charge is 2.13. The van der Waals surface area contributed by atoms with Crippen LogP contribution in [0.3, 0.4) is 0 Å². The number of nitrogen functional groups attached to an aromatic ring is 1. The van der Waals surface area contributed by atoms with Crippen LogP contribution in [0.25, 0.3) is 17.0 Å². The van der Waals surface area contributed by atoms with Gasteiger partial charge in [0, 0.05) is 12.4 Å². The monoisotopic (exact) mass is 212 g/mol. The van der Waals surface area contributed by atoms with Gasteiger partial charge in [0.15, 0.2) is 11.5 Å². The maximum Gasteiger partial charge on any atom is 0.156 e. The summed E-state index contributed by atoms with van der Waals surface area (Å²) in [6.07, 6.45) is 3.28. The molecule has 0 radical (unpaired) electrons.